The second-order valence-electron chi connectivity index (χ2n) is 15.6. The van der Waals surface area contributed by atoms with Gasteiger partial charge in [-0.2, -0.15) is 0 Å². The van der Waals surface area contributed by atoms with Gasteiger partial charge in [0, 0.05) is 38.2 Å². The van der Waals surface area contributed by atoms with Crippen molar-refractivity contribution in [3.05, 3.63) is 200 Å². The van der Waals surface area contributed by atoms with Crippen LogP contribution in [-0.2, 0) is 0 Å². The van der Waals surface area contributed by atoms with Crippen molar-refractivity contribution in [2.75, 3.05) is 0 Å². The normalized spacial score (nSPS) is 12.1. The quantitative estimate of drug-likeness (QED) is 0.168. The third-order valence-corrected chi connectivity index (χ3v) is 12.4. The van der Waals surface area contributed by atoms with Crippen LogP contribution >= 0.6 is 0 Å². The van der Waals surface area contributed by atoms with Gasteiger partial charge >= 0.3 is 0 Å². The summed E-state index contributed by atoms with van der Waals surface area (Å²) < 4.78 is 15.5. The van der Waals surface area contributed by atoms with Crippen molar-refractivity contribution >= 4 is 87.0 Å². The molecule has 0 fully saturated rings. The summed E-state index contributed by atoms with van der Waals surface area (Å²) >= 11 is 0. The van der Waals surface area contributed by atoms with Crippen LogP contribution in [-0.4, -0.2) is 4.57 Å². The van der Waals surface area contributed by atoms with Gasteiger partial charge in [-0.25, -0.2) is 0 Å². The molecule has 274 valence electrons. The molecule has 0 saturated heterocycles. The molecule has 3 nitrogen and oxygen atoms in total. The van der Waals surface area contributed by atoms with E-state index in [9.17, 15) is 0 Å². The van der Waals surface area contributed by atoms with Crippen LogP contribution in [0.3, 0.4) is 0 Å². The van der Waals surface area contributed by atoms with E-state index in [-0.39, 0.29) is 0 Å². The van der Waals surface area contributed by atoms with Crippen LogP contribution in [0.5, 0.6) is 0 Å². The first-order valence-electron chi connectivity index (χ1n) is 20.2. The number of hydrogen-bond donors (Lipinski definition) is 0. The van der Waals surface area contributed by atoms with Gasteiger partial charge in [-0.1, -0.05) is 140 Å². The number of benzene rings is 10. The monoisotopic (exact) mass is 751 g/mol. The van der Waals surface area contributed by atoms with Crippen molar-refractivity contribution in [3.8, 4) is 39.1 Å². The Balaban J connectivity index is 1.00. The Hall–Kier alpha value is -7.88. The smallest absolute Gasteiger partial charge is 0.178 e. The molecule has 0 aliphatic heterocycles. The minimum absolute atomic E-state index is 0.770. The third-order valence-electron chi connectivity index (χ3n) is 12.4. The Morgan fingerprint density at radius 3 is 1.64 bits per heavy atom. The molecule has 13 aromatic rings. The zero-order valence-corrected chi connectivity index (χ0v) is 31.8. The van der Waals surface area contributed by atoms with Crippen molar-refractivity contribution in [2.24, 2.45) is 0 Å². The molecule has 0 unspecified atom stereocenters. The molecule has 3 aromatic heterocycles. The highest BCUT2D eigenvalue weighted by Gasteiger charge is 2.21. The summed E-state index contributed by atoms with van der Waals surface area (Å²) in [6, 6.07) is 70.2. The van der Waals surface area contributed by atoms with E-state index in [1.807, 2.05) is 6.26 Å². The van der Waals surface area contributed by atoms with Crippen LogP contribution in [0.1, 0.15) is 0 Å². The molecule has 0 atom stereocenters. The summed E-state index contributed by atoms with van der Waals surface area (Å²) in [6.45, 7) is 0. The first-order chi connectivity index (χ1) is 29.3. The minimum Gasteiger partial charge on any atom is -0.460 e. The minimum atomic E-state index is 0.770. The van der Waals surface area contributed by atoms with Crippen LogP contribution in [0.4, 0.5) is 0 Å². The molecule has 0 spiro atoms. The van der Waals surface area contributed by atoms with E-state index >= 15 is 0 Å². The molecule has 0 bridgehead atoms. The maximum atomic E-state index is 6.78. The standard InChI is InChI=1S/C56H33NO2/c1-2-14-39(15-3-1)57-50-21-11-10-16-40(50)41-26-24-37(31-51(41)57)53-43-17-6-8-19-45(43)54(46-20-9-7-18-44(46)53)38-25-27-42-47-28-29-48-49(33-58-55(48)56(47)59-52(42)32-38)36-23-22-34-12-4-5-13-35(34)30-36/h1-33H. The molecular formula is C56H33NO2. The molecule has 3 heterocycles. The molecule has 3 heteroatoms. The van der Waals surface area contributed by atoms with Gasteiger partial charge in [0.2, 0.25) is 0 Å². The molecule has 0 radical (unpaired) electrons. The highest BCUT2D eigenvalue weighted by atomic mass is 16.4. The number of furan rings is 2. The maximum Gasteiger partial charge on any atom is 0.178 e. The lowest BCUT2D eigenvalue weighted by molar-refractivity contribution is 0.600. The van der Waals surface area contributed by atoms with Gasteiger partial charge in [-0.15, -0.1) is 0 Å². The van der Waals surface area contributed by atoms with Crippen molar-refractivity contribution in [1.29, 1.82) is 0 Å². The third kappa shape index (κ3) is 4.70. The van der Waals surface area contributed by atoms with E-state index in [1.165, 1.54) is 70.8 Å². The average molecular weight is 752 g/mol. The maximum absolute atomic E-state index is 6.78. The Morgan fingerprint density at radius 1 is 0.339 bits per heavy atom. The SMILES string of the molecule is c1ccc(-n2c3ccccc3c3ccc(-c4c5ccccc5c(-c5ccc6c(c5)oc5c6ccc6c(-c7ccc8ccccc8c7)coc65)c5ccccc45)cc32)cc1. The summed E-state index contributed by atoms with van der Waals surface area (Å²) in [7, 11) is 0. The number of aromatic nitrogens is 1. The first kappa shape index (κ1) is 32.2. The lowest BCUT2D eigenvalue weighted by atomic mass is 9.85. The van der Waals surface area contributed by atoms with Gasteiger partial charge in [0.15, 0.2) is 11.2 Å². The predicted octanol–water partition coefficient (Wildman–Crippen LogP) is 15.9. The molecule has 0 aliphatic carbocycles. The Morgan fingerprint density at radius 2 is 0.898 bits per heavy atom. The van der Waals surface area contributed by atoms with Gasteiger partial charge in [-0.05, 0) is 115 Å². The highest BCUT2D eigenvalue weighted by Crippen LogP contribution is 2.47. The van der Waals surface area contributed by atoms with E-state index in [4.69, 9.17) is 8.83 Å². The zero-order valence-electron chi connectivity index (χ0n) is 31.8. The number of nitrogens with zero attached hydrogens (tertiary/aromatic N) is 1. The van der Waals surface area contributed by atoms with Crippen molar-refractivity contribution in [1.82, 2.24) is 4.57 Å². The average Bonchev–Trinajstić information content (AvgIpc) is 4.00. The molecule has 0 saturated carbocycles. The molecule has 10 aromatic carbocycles. The van der Waals surface area contributed by atoms with E-state index in [1.54, 1.807) is 0 Å². The number of hydrogen-bond acceptors (Lipinski definition) is 2. The largest absolute Gasteiger partial charge is 0.460 e. The van der Waals surface area contributed by atoms with Crippen LogP contribution < -0.4 is 0 Å². The van der Waals surface area contributed by atoms with Crippen LogP contribution in [0.25, 0.3) is 126 Å². The zero-order chi connectivity index (χ0) is 38.6. The molecule has 0 aliphatic rings. The van der Waals surface area contributed by atoms with Gasteiger partial charge in [0.05, 0.1) is 17.3 Å². The molecule has 59 heavy (non-hydrogen) atoms. The number of fused-ring (bicyclic) bond motifs is 11. The second-order valence-corrected chi connectivity index (χ2v) is 15.6. The summed E-state index contributed by atoms with van der Waals surface area (Å²) in [5.74, 6) is 0. The molecule has 13 rings (SSSR count). The first-order valence-corrected chi connectivity index (χ1v) is 20.2. The Kier molecular flexibility index (Phi) is 6.72. The van der Waals surface area contributed by atoms with Gasteiger partial charge in [0.25, 0.3) is 0 Å². The lowest BCUT2D eigenvalue weighted by Crippen LogP contribution is -1.94. The van der Waals surface area contributed by atoms with Crippen molar-refractivity contribution in [3.63, 3.8) is 0 Å². The fraction of sp³-hybridized carbons (Fsp3) is 0. The Bertz CT molecular complexity index is 3790. The predicted molar refractivity (Wildman–Crippen MR) is 247 cm³/mol. The van der Waals surface area contributed by atoms with E-state index < -0.39 is 0 Å². The lowest BCUT2D eigenvalue weighted by Gasteiger charge is -2.18. The van der Waals surface area contributed by atoms with E-state index in [0.29, 0.717) is 0 Å². The van der Waals surface area contributed by atoms with Crippen LogP contribution in [0, 0.1) is 0 Å². The molecular weight excluding hydrogens is 719 g/mol. The summed E-state index contributed by atoms with van der Waals surface area (Å²) in [5.41, 5.74) is 12.9. The Labute approximate surface area is 338 Å². The summed E-state index contributed by atoms with van der Waals surface area (Å²) in [5, 5.41) is 12.9. The number of rotatable bonds is 4. The van der Waals surface area contributed by atoms with E-state index in [0.717, 1.165) is 55.3 Å². The van der Waals surface area contributed by atoms with E-state index in [2.05, 4.69) is 199 Å². The highest BCUT2D eigenvalue weighted by molar-refractivity contribution is 6.23. The van der Waals surface area contributed by atoms with Crippen molar-refractivity contribution in [2.45, 2.75) is 0 Å². The second kappa shape index (κ2) is 12.3. The summed E-state index contributed by atoms with van der Waals surface area (Å²) in [4.78, 5) is 0. The summed E-state index contributed by atoms with van der Waals surface area (Å²) in [6.07, 6.45) is 1.87. The fourth-order valence-electron chi connectivity index (χ4n) is 9.79. The fourth-order valence-corrected chi connectivity index (χ4v) is 9.79. The topological polar surface area (TPSA) is 31.2 Å². The number of para-hydroxylation sites is 2. The molecule has 0 N–H and O–H groups in total. The van der Waals surface area contributed by atoms with Gasteiger partial charge in [-0.3, -0.25) is 0 Å². The van der Waals surface area contributed by atoms with Gasteiger partial charge in [0.1, 0.15) is 5.58 Å². The molecule has 0 amide bonds. The van der Waals surface area contributed by atoms with Gasteiger partial charge < -0.3 is 13.4 Å². The van der Waals surface area contributed by atoms with Crippen LogP contribution in [0.15, 0.2) is 209 Å². The van der Waals surface area contributed by atoms with Crippen molar-refractivity contribution < 1.29 is 8.83 Å². The van der Waals surface area contributed by atoms with Crippen LogP contribution in [0.2, 0.25) is 0 Å².